The van der Waals surface area contributed by atoms with E-state index in [1.54, 1.807) is 35.4 Å². The van der Waals surface area contributed by atoms with Gasteiger partial charge in [-0.1, -0.05) is 49.2 Å². The van der Waals surface area contributed by atoms with Gasteiger partial charge in [0.25, 0.3) is 28.0 Å². The van der Waals surface area contributed by atoms with Gasteiger partial charge in [-0.2, -0.15) is 5.10 Å². The number of carbonyl (C=O) groups excluding carboxylic acids is 1. The number of nitro groups is 1. The van der Waals surface area contributed by atoms with Gasteiger partial charge in [0.05, 0.1) is 51.7 Å². The third-order valence-corrected chi connectivity index (χ3v) is 13.8. The minimum Gasteiger partial charge on any atom is -0.456 e. The maximum Gasteiger partial charge on any atom is 0.293 e. The van der Waals surface area contributed by atoms with E-state index in [9.17, 15) is 32.1 Å². The van der Waals surface area contributed by atoms with Crippen LogP contribution in [-0.2, 0) is 14.8 Å². The summed E-state index contributed by atoms with van der Waals surface area (Å²) in [5, 5.41) is 23.4. The number of sulfonamides is 1. The molecule has 0 spiro atoms. The first-order valence-electron chi connectivity index (χ1n) is 21.5. The average Bonchev–Trinajstić information content (AvgIpc) is 3.77. The van der Waals surface area contributed by atoms with Crippen molar-refractivity contribution in [3.8, 4) is 11.5 Å². The van der Waals surface area contributed by atoms with Crippen LogP contribution in [0.3, 0.4) is 0 Å². The lowest BCUT2D eigenvalue weighted by molar-refractivity contribution is -0.384. The molecule has 3 heterocycles. The monoisotopic (exact) mass is 932 g/mol. The Hall–Kier alpha value is -5.66. The topological polar surface area (TPSA) is 175 Å². The van der Waals surface area contributed by atoms with E-state index in [1.165, 1.54) is 28.8 Å². The van der Waals surface area contributed by atoms with E-state index in [1.807, 2.05) is 18.2 Å². The van der Waals surface area contributed by atoms with Crippen LogP contribution in [0.25, 0.3) is 16.5 Å². The zero-order chi connectivity index (χ0) is 45.9. The number of aromatic nitrogens is 2. The first-order chi connectivity index (χ1) is 31.1. The highest BCUT2D eigenvalue weighted by Crippen LogP contribution is 2.43. The van der Waals surface area contributed by atoms with Gasteiger partial charge in [0.2, 0.25) is 0 Å². The van der Waals surface area contributed by atoms with E-state index in [0.717, 1.165) is 56.7 Å². The highest BCUT2D eigenvalue weighted by atomic mass is 35.5. The number of H-pyrrole nitrogens is 1. The number of piperazine rings is 1. The van der Waals surface area contributed by atoms with Gasteiger partial charge in [0.1, 0.15) is 17.2 Å². The number of hydrogen-bond acceptors (Lipinski definition) is 12. The molecule has 0 radical (unpaired) electrons. The van der Waals surface area contributed by atoms with Gasteiger partial charge in [-0.05, 0) is 84.3 Å². The van der Waals surface area contributed by atoms with E-state index >= 15 is 0 Å². The Labute approximate surface area is 380 Å². The Bertz CT molecular complexity index is 2690. The maximum atomic E-state index is 14.0. The second-order valence-corrected chi connectivity index (χ2v) is 19.6. The van der Waals surface area contributed by atoms with Crippen molar-refractivity contribution in [2.24, 2.45) is 5.41 Å². The van der Waals surface area contributed by atoms with Crippen molar-refractivity contribution in [2.45, 2.75) is 50.5 Å². The van der Waals surface area contributed by atoms with Crippen LogP contribution < -0.4 is 19.7 Å². The fourth-order valence-electron chi connectivity index (χ4n) is 8.73. The number of benzene rings is 4. The average molecular weight is 933 g/mol. The molecule has 19 heteroatoms. The summed E-state index contributed by atoms with van der Waals surface area (Å²) in [5.41, 5.74) is 5.07. The van der Waals surface area contributed by atoms with Crippen LogP contribution >= 0.6 is 11.6 Å². The van der Waals surface area contributed by atoms with E-state index in [0.29, 0.717) is 41.3 Å². The minimum absolute atomic E-state index is 0.00630. The second kappa shape index (κ2) is 19.4. The summed E-state index contributed by atoms with van der Waals surface area (Å²) < 4.78 is 67.5. The number of nitrogens with zero attached hydrogens (tertiary/aromatic N) is 5. The number of alkyl halides is 2. The van der Waals surface area contributed by atoms with Gasteiger partial charge in [-0.25, -0.2) is 21.9 Å². The lowest BCUT2D eigenvalue weighted by Crippen LogP contribution is -2.47. The zero-order valence-electron chi connectivity index (χ0n) is 36.1. The van der Waals surface area contributed by atoms with Crippen molar-refractivity contribution in [2.75, 3.05) is 75.7 Å². The second-order valence-electron chi connectivity index (χ2n) is 17.5. The van der Waals surface area contributed by atoms with E-state index in [2.05, 4.69) is 56.0 Å². The Balaban J connectivity index is 0.992. The highest BCUT2D eigenvalue weighted by Gasteiger charge is 2.31. The van der Waals surface area contributed by atoms with Crippen molar-refractivity contribution in [1.82, 2.24) is 24.7 Å². The van der Waals surface area contributed by atoms with Gasteiger partial charge >= 0.3 is 0 Å². The molecule has 3 aliphatic rings. The normalized spacial score (nSPS) is 18.6. The summed E-state index contributed by atoms with van der Waals surface area (Å²) in [6.45, 7) is 8.85. The molecular weight excluding hydrogens is 882 g/mol. The van der Waals surface area contributed by atoms with Gasteiger partial charge in [0.15, 0.2) is 0 Å². The third-order valence-electron chi connectivity index (χ3n) is 12.2. The third kappa shape index (κ3) is 11.1. The number of nitro benzene ring substituents is 1. The zero-order valence-corrected chi connectivity index (χ0v) is 37.6. The number of aromatic amines is 1. The number of ether oxygens (including phenoxy) is 2. The molecule has 2 fully saturated rings. The van der Waals surface area contributed by atoms with Gasteiger partial charge in [-0.15, -0.1) is 0 Å². The van der Waals surface area contributed by atoms with E-state index in [-0.39, 0.29) is 42.1 Å². The van der Waals surface area contributed by atoms with Crippen molar-refractivity contribution >= 4 is 61.1 Å². The summed E-state index contributed by atoms with van der Waals surface area (Å²) >= 11 is 6.24. The predicted octanol–water partition coefficient (Wildman–Crippen LogP) is 8.20. The molecular formula is C46H51ClF2N8O7S. The Kier molecular flexibility index (Phi) is 13.7. The standard InChI is InChI=1S/C46H51ClF2N8O7S/c1-46(2)15-14-31(37(24-46)30-6-8-32(47)9-7-30)27-54-16-18-56(19-17-54)33-10-12-36(43(22-33)64-42-5-3-4-39-38(42)26-51-52-39)45(58)53-65(61,62)35-11-13-40(41(23-35)57(59)60)50-25-34-28-55(20-21-63-34)29-44(48)49/h3-13,22-23,26,34,44,50H,14-21,24-25,27-29H2,1-2H3,(H,51,52)(H,53,58). The number of amides is 1. The molecule has 0 saturated carbocycles. The SMILES string of the molecule is CC1(C)CCC(CN2CCN(c3ccc(C(=O)NS(=O)(=O)c4ccc(NCC5CN(CC(F)F)CCO5)c([N+](=O)[O-])c4)c(Oc4cccc5[nH]ncc45)c3)CC2)=C(c2ccc(Cl)cc2)C1. The molecule has 1 atom stereocenters. The van der Waals surface area contributed by atoms with Crippen LogP contribution in [0.15, 0.2) is 95.5 Å². The molecule has 3 N–H and O–H groups in total. The number of halogens is 3. The molecule has 1 aliphatic carbocycles. The summed E-state index contributed by atoms with van der Waals surface area (Å²) in [7, 11) is -4.66. The van der Waals surface area contributed by atoms with Crippen LogP contribution in [0, 0.1) is 15.5 Å². The largest absolute Gasteiger partial charge is 0.456 e. The molecule has 1 amide bonds. The predicted molar refractivity (Wildman–Crippen MR) is 246 cm³/mol. The number of allylic oxidation sites excluding steroid dienone is 1. The van der Waals surface area contributed by atoms with Gasteiger partial charge in [0, 0.05) is 75.2 Å². The number of nitrogens with one attached hydrogen (secondary N) is 3. The molecule has 15 nitrogen and oxygen atoms in total. The number of hydrogen-bond donors (Lipinski definition) is 3. The van der Waals surface area contributed by atoms with E-state index < -0.39 is 50.5 Å². The van der Waals surface area contributed by atoms with Gasteiger partial charge < -0.3 is 19.7 Å². The number of fused-ring (bicyclic) bond motifs is 1. The lowest BCUT2D eigenvalue weighted by atomic mass is 9.72. The molecule has 5 aromatic rings. The van der Waals surface area contributed by atoms with Crippen LogP contribution in [0.2, 0.25) is 5.02 Å². The first kappa shape index (κ1) is 45.9. The molecule has 65 heavy (non-hydrogen) atoms. The molecule has 8 rings (SSSR count). The van der Waals surface area contributed by atoms with Crippen molar-refractivity contribution in [1.29, 1.82) is 0 Å². The summed E-state index contributed by atoms with van der Waals surface area (Å²) in [6, 6.07) is 21.6. The maximum absolute atomic E-state index is 14.0. The fourth-order valence-corrected chi connectivity index (χ4v) is 9.84. The highest BCUT2D eigenvalue weighted by molar-refractivity contribution is 7.90. The van der Waals surface area contributed by atoms with E-state index in [4.69, 9.17) is 21.1 Å². The quantitative estimate of drug-likeness (QED) is 0.0679. The Morgan fingerprint density at radius 2 is 1.82 bits per heavy atom. The van der Waals surface area contributed by atoms with Crippen molar-refractivity contribution in [3.05, 3.63) is 117 Å². The molecule has 344 valence electrons. The first-order valence-corrected chi connectivity index (χ1v) is 23.4. The Morgan fingerprint density at radius 1 is 1.03 bits per heavy atom. The molecule has 2 saturated heterocycles. The molecule has 1 aromatic heterocycles. The summed E-state index contributed by atoms with van der Waals surface area (Å²) in [4.78, 5) is 31.1. The van der Waals surface area contributed by atoms with Crippen LogP contribution in [-0.4, -0.2) is 117 Å². The van der Waals surface area contributed by atoms with Crippen LogP contribution in [0.4, 0.5) is 25.8 Å². The summed E-state index contributed by atoms with van der Waals surface area (Å²) in [6.07, 6.45) is 1.68. The van der Waals surface area contributed by atoms with Gasteiger partial charge in [-0.3, -0.25) is 29.8 Å². The molecule has 4 aromatic carbocycles. The van der Waals surface area contributed by atoms with Crippen LogP contribution in [0.5, 0.6) is 11.5 Å². The number of morpholine rings is 1. The fraction of sp³-hybridized carbons (Fsp3) is 0.391. The van der Waals surface area contributed by atoms with Crippen molar-refractivity contribution < 1.29 is 36.4 Å². The smallest absolute Gasteiger partial charge is 0.293 e. The summed E-state index contributed by atoms with van der Waals surface area (Å²) in [5.74, 6) is -0.532. The van der Waals surface area contributed by atoms with Crippen molar-refractivity contribution in [3.63, 3.8) is 0 Å². The number of carbonyl (C=O) groups is 1. The minimum atomic E-state index is -4.66. The molecule has 0 bridgehead atoms. The Morgan fingerprint density at radius 3 is 2.57 bits per heavy atom. The number of rotatable bonds is 15. The lowest BCUT2D eigenvalue weighted by Gasteiger charge is -2.39. The molecule has 1 unspecified atom stereocenters. The molecule has 2 aliphatic heterocycles. The number of anilines is 2. The van der Waals surface area contributed by atoms with Crippen LogP contribution in [0.1, 0.15) is 49.0 Å².